The number of azide groups is 1. The second-order valence-electron chi connectivity index (χ2n) is 6.48. The molecule has 8 heteroatoms. The van der Waals surface area contributed by atoms with Crippen molar-refractivity contribution in [1.29, 1.82) is 0 Å². The van der Waals surface area contributed by atoms with E-state index in [-0.39, 0.29) is 18.0 Å². The Morgan fingerprint density at radius 3 is 2.62 bits per heavy atom. The summed E-state index contributed by atoms with van der Waals surface area (Å²) in [6, 6.07) is 17.9. The molecule has 3 rings (SSSR count). The summed E-state index contributed by atoms with van der Waals surface area (Å²) in [6.45, 7) is 2.21. The lowest BCUT2D eigenvalue weighted by Crippen LogP contribution is -2.13. The number of hydrogen-bond acceptors (Lipinski definition) is 5. The van der Waals surface area contributed by atoms with E-state index in [2.05, 4.69) is 10.0 Å². The summed E-state index contributed by atoms with van der Waals surface area (Å²) in [6.07, 6.45) is 1.33. The molecule has 3 aromatic rings. The predicted octanol–water partition coefficient (Wildman–Crippen LogP) is 5.95. The highest BCUT2D eigenvalue weighted by atomic mass is 32.2. The fourth-order valence-corrected chi connectivity index (χ4v) is 3.95. The predicted molar refractivity (Wildman–Crippen MR) is 113 cm³/mol. The van der Waals surface area contributed by atoms with Crippen LogP contribution in [-0.4, -0.2) is 14.2 Å². The third kappa shape index (κ3) is 5.63. The quantitative estimate of drug-likeness (QED) is 0.188. The van der Waals surface area contributed by atoms with E-state index in [4.69, 9.17) is 14.5 Å². The first-order valence-electron chi connectivity index (χ1n) is 9.23. The van der Waals surface area contributed by atoms with Crippen molar-refractivity contribution in [2.45, 2.75) is 26.3 Å². The molecule has 0 atom stereocenters. The molecule has 0 unspecified atom stereocenters. The summed E-state index contributed by atoms with van der Waals surface area (Å²) in [5.41, 5.74) is 9.38. The molecule has 150 valence electrons. The van der Waals surface area contributed by atoms with E-state index in [1.54, 1.807) is 24.3 Å². The zero-order valence-electron chi connectivity index (χ0n) is 16.0. The lowest BCUT2D eigenvalue weighted by atomic mass is 10.1. The van der Waals surface area contributed by atoms with Gasteiger partial charge in [-0.1, -0.05) is 54.9 Å². The Balaban J connectivity index is 1.83. The topological polar surface area (TPSA) is 101 Å². The van der Waals surface area contributed by atoms with Crippen molar-refractivity contribution >= 4 is 20.9 Å². The minimum absolute atomic E-state index is 0.0178. The Morgan fingerprint density at radius 2 is 1.83 bits per heavy atom. The number of unbranched alkanes of at least 4 members (excludes halogenated alkanes) is 1. The molecule has 0 bridgehead atoms. The second kappa shape index (κ2) is 9.32. The van der Waals surface area contributed by atoms with E-state index in [0.29, 0.717) is 17.9 Å². The number of nitrogens with zero attached hydrogens (tertiary/aromatic N) is 3. The Morgan fingerprint density at radius 1 is 1.03 bits per heavy atom. The monoisotopic (exact) mass is 411 g/mol. The van der Waals surface area contributed by atoms with Crippen LogP contribution in [-0.2, 0) is 16.7 Å². The summed E-state index contributed by atoms with van der Waals surface area (Å²) in [4.78, 5) is 2.78. The molecule has 0 aliphatic rings. The molecular weight excluding hydrogens is 390 g/mol. The molecule has 0 N–H and O–H groups in total. The van der Waals surface area contributed by atoms with Gasteiger partial charge in [-0.25, -0.2) is 0 Å². The van der Waals surface area contributed by atoms with Crippen LogP contribution in [0.3, 0.4) is 0 Å². The van der Waals surface area contributed by atoms with Crippen molar-refractivity contribution in [3.8, 4) is 17.2 Å². The minimum Gasteiger partial charge on any atom is -0.457 e. The van der Waals surface area contributed by atoms with Crippen molar-refractivity contribution in [2.75, 3.05) is 5.75 Å². The Kier molecular flexibility index (Phi) is 6.59. The van der Waals surface area contributed by atoms with Gasteiger partial charge in [-0.3, -0.25) is 0 Å². The van der Waals surface area contributed by atoms with Crippen LogP contribution in [0.15, 0.2) is 65.8 Å². The van der Waals surface area contributed by atoms with Crippen LogP contribution >= 0.6 is 0 Å². The Hall–Kier alpha value is -3.22. The molecule has 7 nitrogen and oxygen atoms in total. The fourth-order valence-electron chi connectivity index (χ4n) is 2.83. The van der Waals surface area contributed by atoms with E-state index >= 15 is 0 Å². The van der Waals surface area contributed by atoms with Crippen LogP contribution in [0.1, 0.15) is 25.3 Å². The number of hydrogen-bond donors (Lipinski definition) is 0. The molecule has 29 heavy (non-hydrogen) atoms. The summed E-state index contributed by atoms with van der Waals surface area (Å²) < 4.78 is 35.2. The zero-order valence-corrected chi connectivity index (χ0v) is 16.8. The summed E-state index contributed by atoms with van der Waals surface area (Å²) in [5, 5.41) is 5.42. The fraction of sp³-hybridized carbons (Fsp3) is 0.238. The highest BCUT2D eigenvalue weighted by molar-refractivity contribution is 7.87. The van der Waals surface area contributed by atoms with E-state index in [9.17, 15) is 8.42 Å². The first-order chi connectivity index (χ1) is 14.0. The standard InChI is InChI=1S/C21H21N3O4S/c1-2-3-12-29(25,26)28-19-8-5-7-18(14-19)27-21-9-4-6-17-13-16(15-23-24-22)10-11-20(17)21/h4-11,13-14H,2-3,12,15H2,1H3. The molecule has 0 aliphatic carbocycles. The average molecular weight is 411 g/mol. The largest absolute Gasteiger partial charge is 0.457 e. The van der Waals surface area contributed by atoms with Gasteiger partial charge >= 0.3 is 10.1 Å². The highest BCUT2D eigenvalue weighted by Gasteiger charge is 2.13. The van der Waals surface area contributed by atoms with Gasteiger partial charge < -0.3 is 8.92 Å². The smallest absolute Gasteiger partial charge is 0.309 e. The lowest BCUT2D eigenvalue weighted by Gasteiger charge is -2.11. The van der Waals surface area contributed by atoms with Gasteiger partial charge in [0.25, 0.3) is 0 Å². The van der Waals surface area contributed by atoms with Gasteiger partial charge in [0.1, 0.15) is 17.2 Å². The maximum atomic E-state index is 12.0. The van der Waals surface area contributed by atoms with Crippen LogP contribution in [0.4, 0.5) is 0 Å². The summed E-state index contributed by atoms with van der Waals surface area (Å²) in [5.74, 6) is 1.30. The second-order valence-corrected chi connectivity index (χ2v) is 8.17. The first-order valence-corrected chi connectivity index (χ1v) is 10.8. The third-order valence-corrected chi connectivity index (χ3v) is 5.46. The van der Waals surface area contributed by atoms with Gasteiger partial charge in [0.2, 0.25) is 0 Å². The maximum absolute atomic E-state index is 12.0. The Labute approximate surface area is 169 Å². The SMILES string of the molecule is CCCCS(=O)(=O)Oc1cccc(Oc2cccc3cc(CN=[N+]=[N-])ccc23)c1. The molecule has 0 amide bonds. The van der Waals surface area contributed by atoms with Crippen LogP contribution in [0.5, 0.6) is 17.2 Å². The molecule has 0 aliphatic heterocycles. The molecule has 0 fully saturated rings. The Bertz CT molecular complexity index is 1160. The van der Waals surface area contributed by atoms with Gasteiger partial charge in [0.05, 0.1) is 12.3 Å². The van der Waals surface area contributed by atoms with Crippen LogP contribution < -0.4 is 8.92 Å². The van der Waals surface area contributed by atoms with Crippen LogP contribution in [0, 0.1) is 0 Å². The van der Waals surface area contributed by atoms with E-state index < -0.39 is 10.1 Å². The van der Waals surface area contributed by atoms with E-state index in [1.165, 1.54) is 0 Å². The molecule has 0 aromatic heterocycles. The first kappa shape index (κ1) is 20.5. The summed E-state index contributed by atoms with van der Waals surface area (Å²) in [7, 11) is -3.62. The molecule has 3 aromatic carbocycles. The maximum Gasteiger partial charge on any atom is 0.309 e. The number of benzene rings is 3. The van der Waals surface area contributed by atoms with Crippen molar-refractivity contribution < 1.29 is 17.3 Å². The van der Waals surface area contributed by atoms with Crippen molar-refractivity contribution in [1.82, 2.24) is 0 Å². The number of ether oxygens (including phenoxy) is 1. The molecule has 0 saturated carbocycles. The van der Waals surface area contributed by atoms with Crippen molar-refractivity contribution in [3.63, 3.8) is 0 Å². The molecule has 0 spiro atoms. The third-order valence-electron chi connectivity index (χ3n) is 4.23. The van der Waals surface area contributed by atoms with Gasteiger partial charge in [0, 0.05) is 16.4 Å². The van der Waals surface area contributed by atoms with E-state index in [0.717, 1.165) is 22.8 Å². The van der Waals surface area contributed by atoms with Gasteiger partial charge in [0.15, 0.2) is 0 Å². The zero-order chi connectivity index (χ0) is 20.7. The van der Waals surface area contributed by atoms with E-state index in [1.807, 2.05) is 43.3 Å². The number of rotatable bonds is 9. The normalized spacial score (nSPS) is 11.1. The van der Waals surface area contributed by atoms with Crippen LogP contribution in [0.25, 0.3) is 21.2 Å². The molecule has 0 radical (unpaired) electrons. The van der Waals surface area contributed by atoms with Gasteiger partial charge in [-0.2, -0.15) is 8.42 Å². The molecule has 0 heterocycles. The molecule has 0 saturated heterocycles. The average Bonchev–Trinajstić information content (AvgIpc) is 2.71. The number of fused-ring (bicyclic) bond motifs is 1. The lowest BCUT2D eigenvalue weighted by molar-refractivity contribution is 0.470. The van der Waals surface area contributed by atoms with Gasteiger partial charge in [-0.05, 0) is 41.1 Å². The molecular formula is C21H21N3O4S. The highest BCUT2D eigenvalue weighted by Crippen LogP contribution is 2.32. The van der Waals surface area contributed by atoms with Crippen molar-refractivity contribution in [3.05, 3.63) is 76.7 Å². The summed E-state index contributed by atoms with van der Waals surface area (Å²) >= 11 is 0. The van der Waals surface area contributed by atoms with Crippen molar-refractivity contribution in [2.24, 2.45) is 5.11 Å². The van der Waals surface area contributed by atoms with Gasteiger partial charge in [-0.15, -0.1) is 0 Å². The minimum atomic E-state index is -3.62. The van der Waals surface area contributed by atoms with Crippen LogP contribution in [0.2, 0.25) is 0 Å².